The van der Waals surface area contributed by atoms with Crippen molar-refractivity contribution in [2.75, 3.05) is 0 Å². The van der Waals surface area contributed by atoms with E-state index in [1.165, 1.54) is 0 Å². The quantitative estimate of drug-likeness (QED) is 0.749. The smallest absolute Gasteiger partial charge is 0.267 e. The van der Waals surface area contributed by atoms with E-state index in [0.29, 0.717) is 12.1 Å². The number of fused-ring (bicyclic) bond motifs is 1. The minimum Gasteiger partial charge on any atom is -0.364 e. The van der Waals surface area contributed by atoms with Crippen molar-refractivity contribution in [1.82, 2.24) is 19.5 Å². The van der Waals surface area contributed by atoms with Gasteiger partial charge in [-0.15, -0.1) is 0 Å². The largest absolute Gasteiger partial charge is 0.364 e. The summed E-state index contributed by atoms with van der Waals surface area (Å²) in [5.41, 5.74) is 9.01. The topological polar surface area (TPSA) is 86.7 Å². The molecule has 0 aliphatic rings. The highest BCUT2D eigenvalue weighted by Gasteiger charge is 2.10. The lowest BCUT2D eigenvalue weighted by Crippen LogP contribution is -2.14. The predicted octanol–water partition coefficient (Wildman–Crippen LogP) is 2.01. The first-order valence-electron chi connectivity index (χ1n) is 6.69. The highest BCUT2D eigenvalue weighted by atomic mass is 35.5. The molecule has 6 nitrogen and oxygen atoms in total. The van der Waals surface area contributed by atoms with Gasteiger partial charge >= 0.3 is 0 Å². The van der Waals surface area contributed by atoms with Gasteiger partial charge in [-0.05, 0) is 42.3 Å². The van der Waals surface area contributed by atoms with Crippen molar-refractivity contribution in [1.29, 1.82) is 0 Å². The summed E-state index contributed by atoms with van der Waals surface area (Å²) in [4.78, 5) is 23.7. The molecule has 2 heterocycles. The van der Waals surface area contributed by atoms with Gasteiger partial charge in [0.15, 0.2) is 0 Å². The predicted molar refractivity (Wildman–Crippen MR) is 83.8 cm³/mol. The Morgan fingerprint density at radius 1 is 1.27 bits per heavy atom. The van der Waals surface area contributed by atoms with Crippen molar-refractivity contribution >= 4 is 28.5 Å². The van der Waals surface area contributed by atoms with Crippen LogP contribution in [0.3, 0.4) is 0 Å². The maximum absolute atomic E-state index is 11.2. The first kappa shape index (κ1) is 14.5. The standard InChI is InChI=1S/C15H14ClN5O/c1-8-18-11-6-9(3-4-13(11)21(8)2)5-10-7-12(14(17)22)20-15(16)19-10/h3-4,6-7H,5H2,1-2H3,(H2,17,22). The number of imidazole rings is 1. The second kappa shape index (κ2) is 5.38. The molecule has 0 saturated carbocycles. The van der Waals surface area contributed by atoms with Gasteiger partial charge in [-0.1, -0.05) is 6.07 Å². The number of rotatable bonds is 3. The summed E-state index contributed by atoms with van der Waals surface area (Å²) in [6.07, 6.45) is 0.522. The summed E-state index contributed by atoms with van der Waals surface area (Å²) in [6, 6.07) is 7.58. The van der Waals surface area contributed by atoms with Crippen LogP contribution < -0.4 is 5.73 Å². The Hall–Kier alpha value is -2.47. The summed E-state index contributed by atoms with van der Waals surface area (Å²) in [5.74, 6) is 0.328. The van der Waals surface area contributed by atoms with E-state index in [-0.39, 0.29) is 11.0 Å². The molecule has 0 spiro atoms. The van der Waals surface area contributed by atoms with Crippen molar-refractivity contribution in [3.05, 3.63) is 52.3 Å². The van der Waals surface area contributed by atoms with Crippen LogP contribution in [-0.2, 0) is 13.5 Å². The van der Waals surface area contributed by atoms with Gasteiger partial charge < -0.3 is 10.3 Å². The van der Waals surface area contributed by atoms with Crippen molar-refractivity contribution in [3.63, 3.8) is 0 Å². The van der Waals surface area contributed by atoms with Gasteiger partial charge in [0, 0.05) is 13.5 Å². The van der Waals surface area contributed by atoms with Gasteiger partial charge in [-0.25, -0.2) is 15.0 Å². The normalized spacial score (nSPS) is 11.0. The average molecular weight is 316 g/mol. The monoisotopic (exact) mass is 315 g/mol. The lowest BCUT2D eigenvalue weighted by Gasteiger charge is -2.04. The van der Waals surface area contributed by atoms with Gasteiger partial charge in [0.25, 0.3) is 5.91 Å². The van der Waals surface area contributed by atoms with Crippen LogP contribution in [0.2, 0.25) is 5.28 Å². The molecule has 0 bridgehead atoms. The Morgan fingerprint density at radius 3 is 2.77 bits per heavy atom. The number of aromatic nitrogens is 4. The summed E-state index contributed by atoms with van der Waals surface area (Å²) in [5, 5.41) is 0.0149. The Balaban J connectivity index is 1.97. The molecule has 0 unspecified atom stereocenters. The second-order valence-electron chi connectivity index (χ2n) is 5.10. The first-order chi connectivity index (χ1) is 10.4. The van der Waals surface area contributed by atoms with E-state index in [9.17, 15) is 4.79 Å². The van der Waals surface area contributed by atoms with Crippen LogP contribution in [0.4, 0.5) is 0 Å². The Kier molecular flexibility index (Phi) is 3.54. The fourth-order valence-corrected chi connectivity index (χ4v) is 2.57. The number of nitrogens with two attached hydrogens (primary N) is 1. The third-order valence-corrected chi connectivity index (χ3v) is 3.73. The Labute approximate surface area is 132 Å². The van der Waals surface area contributed by atoms with E-state index in [0.717, 1.165) is 22.4 Å². The fourth-order valence-electron chi connectivity index (χ4n) is 2.37. The van der Waals surface area contributed by atoms with Gasteiger partial charge in [0.2, 0.25) is 5.28 Å². The molecule has 0 saturated heterocycles. The molecule has 2 N–H and O–H groups in total. The molecule has 3 rings (SSSR count). The number of hydrogen-bond acceptors (Lipinski definition) is 4. The zero-order valence-corrected chi connectivity index (χ0v) is 12.9. The van der Waals surface area contributed by atoms with E-state index in [1.54, 1.807) is 6.07 Å². The molecule has 3 aromatic rings. The lowest BCUT2D eigenvalue weighted by molar-refractivity contribution is 0.0995. The summed E-state index contributed by atoms with van der Waals surface area (Å²) in [6.45, 7) is 1.96. The third-order valence-electron chi connectivity index (χ3n) is 3.56. The van der Waals surface area contributed by atoms with Crippen LogP contribution in [0.25, 0.3) is 11.0 Å². The van der Waals surface area contributed by atoms with E-state index in [1.807, 2.05) is 36.7 Å². The first-order valence-corrected chi connectivity index (χ1v) is 7.07. The number of benzene rings is 1. The van der Waals surface area contributed by atoms with Crippen LogP contribution in [-0.4, -0.2) is 25.4 Å². The number of nitrogens with zero attached hydrogens (tertiary/aromatic N) is 4. The number of hydrogen-bond donors (Lipinski definition) is 1. The SMILES string of the molecule is Cc1nc2cc(Cc3cc(C(N)=O)nc(Cl)n3)ccc2n1C. The van der Waals surface area contributed by atoms with Gasteiger partial charge in [0.1, 0.15) is 11.5 Å². The summed E-state index contributed by atoms with van der Waals surface area (Å²) < 4.78 is 2.03. The lowest BCUT2D eigenvalue weighted by atomic mass is 10.1. The third kappa shape index (κ3) is 2.65. The second-order valence-corrected chi connectivity index (χ2v) is 5.43. The van der Waals surface area contributed by atoms with Crippen molar-refractivity contribution in [2.24, 2.45) is 12.8 Å². The van der Waals surface area contributed by atoms with E-state index in [2.05, 4.69) is 15.0 Å². The molecule has 22 heavy (non-hydrogen) atoms. The van der Waals surface area contributed by atoms with Gasteiger partial charge in [-0.2, -0.15) is 0 Å². The summed E-state index contributed by atoms with van der Waals surface area (Å²) in [7, 11) is 1.98. The zero-order valence-electron chi connectivity index (χ0n) is 12.2. The molecular weight excluding hydrogens is 302 g/mol. The molecule has 0 aliphatic heterocycles. The highest BCUT2D eigenvalue weighted by molar-refractivity contribution is 6.28. The van der Waals surface area contributed by atoms with E-state index in [4.69, 9.17) is 17.3 Å². The molecule has 0 radical (unpaired) electrons. The number of amides is 1. The number of halogens is 1. The van der Waals surface area contributed by atoms with Crippen LogP contribution in [0, 0.1) is 6.92 Å². The molecule has 0 aliphatic carbocycles. The van der Waals surface area contributed by atoms with Crippen LogP contribution in [0.5, 0.6) is 0 Å². The maximum Gasteiger partial charge on any atom is 0.267 e. The minimum absolute atomic E-state index is 0.0149. The van der Waals surface area contributed by atoms with E-state index >= 15 is 0 Å². The maximum atomic E-state index is 11.2. The number of carbonyl (C=O) groups is 1. The fraction of sp³-hybridized carbons (Fsp3) is 0.200. The van der Waals surface area contributed by atoms with Gasteiger partial charge in [0.05, 0.1) is 16.7 Å². The van der Waals surface area contributed by atoms with Crippen molar-refractivity contribution in [3.8, 4) is 0 Å². The van der Waals surface area contributed by atoms with Crippen molar-refractivity contribution < 1.29 is 4.79 Å². The van der Waals surface area contributed by atoms with Crippen LogP contribution in [0.15, 0.2) is 24.3 Å². The number of carbonyl (C=O) groups excluding carboxylic acids is 1. The Bertz CT molecular complexity index is 887. The van der Waals surface area contributed by atoms with E-state index < -0.39 is 5.91 Å². The van der Waals surface area contributed by atoms with Crippen molar-refractivity contribution in [2.45, 2.75) is 13.3 Å². The molecular formula is C15H14ClN5O. The van der Waals surface area contributed by atoms with Crippen LogP contribution in [0.1, 0.15) is 27.6 Å². The number of aryl methyl sites for hydroxylation is 2. The molecule has 0 fully saturated rings. The molecule has 0 atom stereocenters. The molecule has 7 heteroatoms. The molecule has 1 amide bonds. The number of primary amides is 1. The molecule has 1 aromatic carbocycles. The molecule has 112 valence electrons. The highest BCUT2D eigenvalue weighted by Crippen LogP contribution is 2.18. The van der Waals surface area contributed by atoms with Gasteiger partial charge in [-0.3, -0.25) is 4.79 Å². The minimum atomic E-state index is -0.624. The van der Waals surface area contributed by atoms with Crippen LogP contribution >= 0.6 is 11.6 Å². The molecule has 2 aromatic heterocycles. The average Bonchev–Trinajstić information content (AvgIpc) is 2.73. The Morgan fingerprint density at radius 2 is 2.05 bits per heavy atom. The zero-order chi connectivity index (χ0) is 15.9. The summed E-state index contributed by atoms with van der Waals surface area (Å²) >= 11 is 5.83.